The van der Waals surface area contributed by atoms with Gasteiger partial charge >= 0.3 is 11.9 Å². The second kappa shape index (κ2) is 5.29. The predicted octanol–water partition coefficient (Wildman–Crippen LogP) is 0.0934. The summed E-state index contributed by atoms with van der Waals surface area (Å²) in [4.78, 5) is 24.3. The van der Waals surface area contributed by atoms with Crippen LogP contribution in [-0.4, -0.2) is 35.9 Å². The van der Waals surface area contributed by atoms with Crippen molar-refractivity contribution >= 4 is 18.2 Å². The van der Waals surface area contributed by atoms with Gasteiger partial charge in [-0.1, -0.05) is 0 Å². The molecule has 0 aliphatic carbocycles. The Bertz CT molecular complexity index is 200. The lowest BCUT2D eigenvalue weighted by atomic mass is 10.4. The first-order chi connectivity index (χ1) is 5.57. The van der Waals surface area contributed by atoms with Gasteiger partial charge in [0.1, 0.15) is 12.3 Å². The minimum Gasteiger partial charge on any atom is -0.480 e. The minimum absolute atomic E-state index is 0.256. The fourth-order valence-electron chi connectivity index (χ4n) is 0.416. The van der Waals surface area contributed by atoms with Gasteiger partial charge in [0.05, 0.1) is 6.61 Å². The third kappa shape index (κ3) is 4.43. The number of carboxylic acid groups (broad SMARTS) is 1. The predicted molar refractivity (Wildman–Crippen MR) is 42.2 cm³/mol. The van der Waals surface area contributed by atoms with Crippen molar-refractivity contribution in [3.63, 3.8) is 0 Å². The van der Waals surface area contributed by atoms with E-state index in [1.54, 1.807) is 6.92 Å². The zero-order chi connectivity index (χ0) is 9.56. The molecular weight excluding hydrogens is 162 g/mol. The molecule has 0 aliphatic heterocycles. The number of hydrogen-bond acceptors (Lipinski definition) is 4. The summed E-state index contributed by atoms with van der Waals surface area (Å²) in [5, 5.41) is 8.36. The summed E-state index contributed by atoms with van der Waals surface area (Å²) in [5.41, 5.74) is 0. The average Bonchev–Trinajstić information content (AvgIpc) is 2.00. The van der Waals surface area contributed by atoms with E-state index in [-0.39, 0.29) is 6.61 Å². The van der Waals surface area contributed by atoms with Gasteiger partial charge in [0, 0.05) is 0 Å². The molecule has 0 aliphatic rings. The van der Waals surface area contributed by atoms with Gasteiger partial charge in [-0.15, -0.1) is 0 Å². The van der Waals surface area contributed by atoms with Crippen molar-refractivity contribution in [1.29, 1.82) is 0 Å². The summed E-state index contributed by atoms with van der Waals surface area (Å²) in [6.07, 6.45) is 0.877. The fourth-order valence-corrected chi connectivity index (χ4v) is 0.416. The maximum absolute atomic E-state index is 10.6. The van der Waals surface area contributed by atoms with Crippen molar-refractivity contribution in [3.8, 4) is 0 Å². The van der Waals surface area contributed by atoms with Gasteiger partial charge in [0.2, 0.25) is 0 Å². The highest BCUT2D eigenvalue weighted by Gasteiger charge is 2.07. The maximum atomic E-state index is 10.6. The Morgan fingerprint density at radius 1 is 1.67 bits per heavy atom. The lowest BCUT2D eigenvalue weighted by Crippen LogP contribution is -2.15. The van der Waals surface area contributed by atoms with Crippen LogP contribution in [0.15, 0.2) is 4.99 Å². The molecule has 0 bridgehead atoms. The molecule has 0 aromatic carbocycles. The summed E-state index contributed by atoms with van der Waals surface area (Å²) >= 11 is 0. The largest absolute Gasteiger partial charge is 0.480 e. The van der Waals surface area contributed by atoms with Crippen LogP contribution in [0.5, 0.6) is 0 Å². The molecule has 5 nitrogen and oxygen atoms in total. The molecule has 12 heavy (non-hydrogen) atoms. The molecule has 68 valence electrons. The summed E-state index contributed by atoms with van der Waals surface area (Å²) in [7, 11) is 0. The van der Waals surface area contributed by atoms with E-state index in [1.165, 1.54) is 6.92 Å². The fraction of sp³-hybridized carbons (Fsp3) is 0.571. The van der Waals surface area contributed by atoms with E-state index in [1.807, 2.05) is 0 Å². The smallest absolute Gasteiger partial charge is 0.348 e. The number of ether oxygens (including phenoxy) is 1. The molecule has 0 fully saturated rings. The van der Waals surface area contributed by atoms with Crippen LogP contribution in [0.1, 0.15) is 13.8 Å². The zero-order valence-corrected chi connectivity index (χ0v) is 6.98. The van der Waals surface area contributed by atoms with E-state index < -0.39 is 18.0 Å². The highest BCUT2D eigenvalue weighted by atomic mass is 16.5. The van der Waals surface area contributed by atoms with Gasteiger partial charge in [-0.05, 0) is 13.8 Å². The van der Waals surface area contributed by atoms with Crippen molar-refractivity contribution in [1.82, 2.24) is 0 Å². The quantitative estimate of drug-likeness (QED) is 0.483. The highest BCUT2D eigenvalue weighted by molar-refractivity contribution is 6.23. The first kappa shape index (κ1) is 10.6. The Balaban J connectivity index is 3.89. The second-order valence-electron chi connectivity index (χ2n) is 2.04. The Labute approximate surface area is 70.1 Å². The monoisotopic (exact) mass is 173 g/mol. The normalized spacial score (nSPS) is 12.8. The van der Waals surface area contributed by atoms with Gasteiger partial charge in [0.15, 0.2) is 0 Å². The molecule has 0 aromatic heterocycles. The van der Waals surface area contributed by atoms with E-state index in [2.05, 4.69) is 9.73 Å². The summed E-state index contributed by atoms with van der Waals surface area (Å²) in [6.45, 7) is 3.29. The molecule has 0 unspecified atom stereocenters. The van der Waals surface area contributed by atoms with Crippen LogP contribution in [0.2, 0.25) is 0 Å². The van der Waals surface area contributed by atoms with Crippen LogP contribution >= 0.6 is 0 Å². The Kier molecular flexibility index (Phi) is 4.67. The molecule has 0 radical (unpaired) electrons. The maximum Gasteiger partial charge on any atom is 0.348 e. The summed E-state index contributed by atoms with van der Waals surface area (Å²) < 4.78 is 4.49. The Hall–Kier alpha value is -1.39. The van der Waals surface area contributed by atoms with Gasteiger partial charge in [-0.25, -0.2) is 9.59 Å². The standard InChI is InChI=1S/C7H11NO4/c1-3-12-6(9)4-8-5(2)7(10)11/h4-5H,3H2,1-2H3,(H,10,11)/t5-/m0/s1. The molecule has 1 N–H and O–H groups in total. The van der Waals surface area contributed by atoms with Crippen molar-refractivity contribution in [2.45, 2.75) is 19.9 Å². The Morgan fingerprint density at radius 2 is 2.25 bits per heavy atom. The number of hydrogen-bond donors (Lipinski definition) is 1. The van der Waals surface area contributed by atoms with Crippen LogP contribution in [0.3, 0.4) is 0 Å². The summed E-state index contributed by atoms with van der Waals surface area (Å²) in [6, 6.07) is -0.908. The molecule has 0 aromatic rings. The molecule has 0 spiro atoms. The van der Waals surface area contributed by atoms with E-state index in [4.69, 9.17) is 5.11 Å². The third-order valence-corrected chi connectivity index (χ3v) is 1.05. The van der Waals surface area contributed by atoms with Crippen LogP contribution in [-0.2, 0) is 14.3 Å². The minimum atomic E-state index is -1.07. The first-order valence-electron chi connectivity index (χ1n) is 3.50. The van der Waals surface area contributed by atoms with E-state index in [0.717, 1.165) is 6.21 Å². The van der Waals surface area contributed by atoms with Crippen molar-refractivity contribution < 1.29 is 19.4 Å². The van der Waals surface area contributed by atoms with Crippen LogP contribution < -0.4 is 0 Å². The molecule has 0 saturated carbocycles. The topological polar surface area (TPSA) is 76.0 Å². The molecule has 0 saturated heterocycles. The average molecular weight is 173 g/mol. The zero-order valence-electron chi connectivity index (χ0n) is 6.98. The first-order valence-corrected chi connectivity index (χ1v) is 3.50. The number of esters is 1. The van der Waals surface area contributed by atoms with Crippen molar-refractivity contribution in [2.75, 3.05) is 6.61 Å². The number of carbonyl (C=O) groups excluding carboxylic acids is 1. The van der Waals surface area contributed by atoms with Crippen LogP contribution in [0, 0.1) is 0 Å². The van der Waals surface area contributed by atoms with E-state index >= 15 is 0 Å². The molecule has 0 rings (SSSR count). The molecule has 5 heteroatoms. The Morgan fingerprint density at radius 3 is 2.67 bits per heavy atom. The third-order valence-electron chi connectivity index (χ3n) is 1.05. The number of carboxylic acids is 1. The molecule has 0 heterocycles. The number of carbonyl (C=O) groups is 2. The molecular formula is C7H11NO4. The van der Waals surface area contributed by atoms with Crippen molar-refractivity contribution in [3.05, 3.63) is 0 Å². The van der Waals surface area contributed by atoms with Crippen LogP contribution in [0.25, 0.3) is 0 Å². The number of aliphatic imine (C=N–C) groups is 1. The number of rotatable bonds is 4. The molecule has 1 atom stereocenters. The lowest BCUT2D eigenvalue weighted by Gasteiger charge is -1.97. The van der Waals surface area contributed by atoms with Gasteiger partial charge in [-0.2, -0.15) is 0 Å². The lowest BCUT2D eigenvalue weighted by molar-refractivity contribution is -0.137. The summed E-state index contributed by atoms with van der Waals surface area (Å²) in [5.74, 6) is -1.69. The SMILES string of the molecule is CCOC(=O)C=N[C@@H](C)C(=O)O. The van der Waals surface area contributed by atoms with Crippen molar-refractivity contribution in [2.24, 2.45) is 4.99 Å². The number of nitrogens with zero attached hydrogens (tertiary/aromatic N) is 1. The van der Waals surface area contributed by atoms with E-state index in [0.29, 0.717) is 0 Å². The van der Waals surface area contributed by atoms with Gasteiger partial charge in [-0.3, -0.25) is 4.99 Å². The molecule has 0 amide bonds. The van der Waals surface area contributed by atoms with Gasteiger partial charge < -0.3 is 9.84 Å². The number of aliphatic carboxylic acids is 1. The second-order valence-corrected chi connectivity index (χ2v) is 2.04. The van der Waals surface area contributed by atoms with Crippen LogP contribution in [0.4, 0.5) is 0 Å². The van der Waals surface area contributed by atoms with Gasteiger partial charge in [0.25, 0.3) is 0 Å². The highest BCUT2D eigenvalue weighted by Crippen LogP contribution is 1.87. The van der Waals surface area contributed by atoms with E-state index in [9.17, 15) is 9.59 Å².